The van der Waals surface area contributed by atoms with Crippen molar-refractivity contribution in [2.45, 2.75) is 18.8 Å². The van der Waals surface area contributed by atoms with Crippen molar-refractivity contribution in [3.8, 4) is 0 Å². The Morgan fingerprint density at radius 1 is 1.25 bits per heavy atom. The molecule has 2 rings (SSSR count). The Labute approximate surface area is 70.8 Å². The highest BCUT2D eigenvalue weighted by atomic mass is 16.6. The molecule has 5 atom stereocenters. The Kier molecular flexibility index (Phi) is 2.08. The summed E-state index contributed by atoms with van der Waals surface area (Å²) in [5, 5.41) is 27.8. The van der Waals surface area contributed by atoms with Crippen LogP contribution in [0, 0.1) is 17.8 Å². The lowest BCUT2D eigenvalue weighted by Crippen LogP contribution is -2.25. The lowest BCUT2D eigenvalue weighted by Gasteiger charge is -2.14. The van der Waals surface area contributed by atoms with Crippen molar-refractivity contribution in [3.63, 3.8) is 0 Å². The van der Waals surface area contributed by atoms with E-state index in [9.17, 15) is 10.2 Å². The molecule has 0 aromatic carbocycles. The van der Waals surface area contributed by atoms with Crippen LogP contribution in [0.4, 0.5) is 0 Å². The highest BCUT2D eigenvalue weighted by Gasteiger charge is 2.49. The van der Waals surface area contributed by atoms with E-state index in [-0.39, 0.29) is 24.4 Å². The fraction of sp³-hybridized carbons (Fsp3) is 1.00. The van der Waals surface area contributed by atoms with Crippen LogP contribution in [0.1, 0.15) is 6.42 Å². The minimum absolute atomic E-state index is 0.000880. The van der Waals surface area contributed by atoms with E-state index in [1.165, 1.54) is 0 Å². The lowest BCUT2D eigenvalue weighted by atomic mass is 9.98. The van der Waals surface area contributed by atoms with Gasteiger partial charge in [-0.05, 0) is 6.42 Å². The maximum atomic E-state index is 9.63. The van der Waals surface area contributed by atoms with Gasteiger partial charge in [-0.1, -0.05) is 0 Å². The molecule has 1 aliphatic carbocycles. The second kappa shape index (κ2) is 2.96. The number of hydrogen-bond donors (Lipinski definition) is 3. The molecule has 1 aliphatic heterocycles. The molecule has 0 amide bonds. The van der Waals surface area contributed by atoms with E-state index >= 15 is 0 Å². The maximum absolute atomic E-state index is 9.63. The van der Waals surface area contributed by atoms with Crippen LogP contribution in [0.5, 0.6) is 0 Å². The molecule has 1 saturated heterocycles. The first-order chi connectivity index (χ1) is 5.74. The van der Waals surface area contributed by atoms with E-state index in [4.69, 9.17) is 9.84 Å². The highest BCUT2D eigenvalue weighted by Crippen LogP contribution is 2.42. The summed E-state index contributed by atoms with van der Waals surface area (Å²) >= 11 is 0. The molecule has 0 spiro atoms. The van der Waals surface area contributed by atoms with Gasteiger partial charge in [-0.2, -0.15) is 0 Å². The number of ether oxygens (including phenoxy) is 1. The quantitative estimate of drug-likeness (QED) is 0.474. The fourth-order valence-corrected chi connectivity index (χ4v) is 2.33. The molecule has 4 nitrogen and oxygen atoms in total. The van der Waals surface area contributed by atoms with Crippen molar-refractivity contribution in [3.05, 3.63) is 0 Å². The van der Waals surface area contributed by atoms with Crippen LogP contribution in [0.15, 0.2) is 0 Å². The average Bonchev–Trinajstić information content (AvgIpc) is 2.55. The van der Waals surface area contributed by atoms with Crippen LogP contribution in [0.25, 0.3) is 0 Å². The first-order valence-electron chi connectivity index (χ1n) is 4.32. The van der Waals surface area contributed by atoms with Crippen molar-refractivity contribution < 1.29 is 20.1 Å². The molecule has 2 aliphatic rings. The Bertz CT molecular complexity index is 172. The molecule has 3 N–H and O–H groups in total. The topological polar surface area (TPSA) is 69.9 Å². The maximum Gasteiger partial charge on any atom is 0.157 e. The number of fused-ring (bicyclic) bond motifs is 1. The molecule has 1 heterocycles. The third-order valence-electron chi connectivity index (χ3n) is 3.11. The van der Waals surface area contributed by atoms with Crippen LogP contribution < -0.4 is 0 Å². The summed E-state index contributed by atoms with van der Waals surface area (Å²) in [6.45, 7) is 0.421. The average molecular weight is 174 g/mol. The predicted octanol–water partition coefficient (Wildman–Crippen LogP) is -1.06. The first-order valence-corrected chi connectivity index (χ1v) is 4.32. The van der Waals surface area contributed by atoms with Crippen LogP contribution in [0.3, 0.4) is 0 Å². The van der Waals surface area contributed by atoms with Gasteiger partial charge in [0.15, 0.2) is 6.29 Å². The minimum atomic E-state index is -0.735. The zero-order valence-corrected chi connectivity index (χ0v) is 6.76. The SMILES string of the molecule is OC[C@@H]1C[C@H]2[C@H](CO[C@@H]2O)[C@H]1O. The first kappa shape index (κ1) is 8.44. The van der Waals surface area contributed by atoms with Gasteiger partial charge in [0, 0.05) is 24.4 Å². The molecule has 12 heavy (non-hydrogen) atoms. The minimum Gasteiger partial charge on any atom is -0.396 e. The van der Waals surface area contributed by atoms with Gasteiger partial charge < -0.3 is 20.1 Å². The smallest absolute Gasteiger partial charge is 0.157 e. The van der Waals surface area contributed by atoms with E-state index in [2.05, 4.69) is 0 Å². The predicted molar refractivity (Wildman–Crippen MR) is 40.1 cm³/mol. The summed E-state index contributed by atoms with van der Waals surface area (Å²) in [6, 6.07) is 0. The molecule has 0 aromatic heterocycles. The van der Waals surface area contributed by atoms with Gasteiger partial charge in [-0.15, -0.1) is 0 Å². The summed E-state index contributed by atoms with van der Waals surface area (Å²) in [5.74, 6) is -0.0205. The van der Waals surface area contributed by atoms with Crippen molar-refractivity contribution >= 4 is 0 Å². The van der Waals surface area contributed by atoms with Gasteiger partial charge >= 0.3 is 0 Å². The van der Waals surface area contributed by atoms with Crippen LogP contribution in [0.2, 0.25) is 0 Å². The van der Waals surface area contributed by atoms with Crippen molar-refractivity contribution in [1.82, 2.24) is 0 Å². The molecule has 0 aromatic rings. The zero-order valence-electron chi connectivity index (χ0n) is 6.76. The third-order valence-corrected chi connectivity index (χ3v) is 3.11. The van der Waals surface area contributed by atoms with E-state index in [0.29, 0.717) is 13.0 Å². The van der Waals surface area contributed by atoms with Crippen LogP contribution in [-0.2, 0) is 4.74 Å². The summed E-state index contributed by atoms with van der Waals surface area (Å²) in [4.78, 5) is 0. The Morgan fingerprint density at radius 3 is 2.58 bits per heavy atom. The summed E-state index contributed by atoms with van der Waals surface area (Å²) in [7, 11) is 0. The van der Waals surface area contributed by atoms with Crippen LogP contribution >= 0.6 is 0 Å². The van der Waals surface area contributed by atoms with Gasteiger partial charge in [0.1, 0.15) is 0 Å². The Morgan fingerprint density at radius 2 is 2.00 bits per heavy atom. The fourth-order valence-electron chi connectivity index (χ4n) is 2.33. The van der Waals surface area contributed by atoms with Crippen LogP contribution in [-0.4, -0.2) is 40.9 Å². The van der Waals surface area contributed by atoms with Crippen molar-refractivity contribution in [2.24, 2.45) is 17.8 Å². The van der Waals surface area contributed by atoms with E-state index in [1.807, 2.05) is 0 Å². The van der Waals surface area contributed by atoms with Gasteiger partial charge in [-0.25, -0.2) is 0 Å². The Balaban J connectivity index is 2.08. The number of rotatable bonds is 1. The molecule has 4 heteroatoms. The van der Waals surface area contributed by atoms with Gasteiger partial charge in [0.25, 0.3) is 0 Å². The lowest BCUT2D eigenvalue weighted by molar-refractivity contribution is -0.0873. The van der Waals surface area contributed by atoms with Crippen molar-refractivity contribution in [1.29, 1.82) is 0 Å². The largest absolute Gasteiger partial charge is 0.396 e. The van der Waals surface area contributed by atoms with E-state index in [0.717, 1.165) is 0 Å². The molecule has 0 bridgehead atoms. The normalized spacial score (nSPS) is 52.8. The molecule has 70 valence electrons. The number of aliphatic hydroxyl groups excluding tert-OH is 3. The third kappa shape index (κ3) is 1.07. The molecule has 2 fully saturated rings. The van der Waals surface area contributed by atoms with E-state index in [1.54, 1.807) is 0 Å². The molecule has 0 radical (unpaired) electrons. The van der Waals surface area contributed by atoms with Gasteiger partial charge in [-0.3, -0.25) is 0 Å². The van der Waals surface area contributed by atoms with Gasteiger partial charge in [0.2, 0.25) is 0 Å². The monoisotopic (exact) mass is 174 g/mol. The molecule has 1 saturated carbocycles. The Hall–Kier alpha value is -0.160. The molecule has 0 unspecified atom stereocenters. The standard InChI is InChI=1S/C8H14O4/c9-2-4-1-5-6(7(4)10)3-12-8(5)11/h4-11H,1-3H2/t4-,5-,6-,7-,8-/m0/s1. The second-order valence-electron chi connectivity index (χ2n) is 3.72. The number of hydrogen-bond acceptors (Lipinski definition) is 4. The highest BCUT2D eigenvalue weighted by molar-refractivity contribution is 4.94. The molecular formula is C8H14O4. The van der Waals surface area contributed by atoms with E-state index < -0.39 is 12.4 Å². The molecular weight excluding hydrogens is 160 g/mol. The van der Waals surface area contributed by atoms with Gasteiger partial charge in [0.05, 0.1) is 12.7 Å². The summed E-state index contributed by atoms with van der Waals surface area (Å²) in [5.41, 5.74) is 0. The summed E-state index contributed by atoms with van der Waals surface area (Å²) in [6.07, 6.45) is -0.568. The second-order valence-corrected chi connectivity index (χ2v) is 3.72. The van der Waals surface area contributed by atoms with Crippen molar-refractivity contribution in [2.75, 3.05) is 13.2 Å². The zero-order chi connectivity index (χ0) is 8.72. The summed E-state index contributed by atoms with van der Waals surface area (Å²) < 4.78 is 5.00. The number of aliphatic hydroxyl groups is 3.